The van der Waals surface area contributed by atoms with Crippen LogP contribution in [0.4, 0.5) is 0 Å². The van der Waals surface area contributed by atoms with Gasteiger partial charge in [0.05, 0.1) is 6.54 Å². The number of carbonyl (C=O) groups excluding carboxylic acids is 2. The summed E-state index contributed by atoms with van der Waals surface area (Å²) in [5.41, 5.74) is 2.16. The molecule has 0 aliphatic rings. The van der Waals surface area contributed by atoms with E-state index in [1.165, 1.54) is 0 Å². The van der Waals surface area contributed by atoms with E-state index in [0.29, 0.717) is 30.0 Å². The van der Waals surface area contributed by atoms with Crippen LogP contribution in [-0.2, 0) is 17.8 Å². The van der Waals surface area contributed by atoms with Crippen molar-refractivity contribution in [2.45, 2.75) is 25.9 Å². The molecule has 6 nitrogen and oxygen atoms in total. The highest BCUT2D eigenvalue weighted by atomic mass is 16.5. The van der Waals surface area contributed by atoms with Crippen LogP contribution in [-0.4, -0.2) is 35.0 Å². The topological polar surface area (TPSA) is 75.4 Å². The average molecular weight is 377 g/mol. The summed E-state index contributed by atoms with van der Waals surface area (Å²) < 4.78 is 5.07. The molecule has 0 aliphatic carbocycles. The zero-order chi connectivity index (χ0) is 19.9. The molecule has 1 N–H and O–H groups in total. The Kier molecular flexibility index (Phi) is 6.22. The number of likely N-dealkylation sites (N-methyl/N-ethyl adjacent to an activating group) is 1. The number of benzene rings is 2. The van der Waals surface area contributed by atoms with E-state index in [4.69, 9.17) is 4.52 Å². The second kappa shape index (κ2) is 8.99. The number of aromatic nitrogens is 1. The maximum atomic E-state index is 13.1. The number of amides is 2. The van der Waals surface area contributed by atoms with E-state index in [1.54, 1.807) is 49.2 Å². The van der Waals surface area contributed by atoms with E-state index in [2.05, 4.69) is 10.5 Å². The van der Waals surface area contributed by atoms with Gasteiger partial charge < -0.3 is 14.7 Å². The molecule has 2 amide bonds. The van der Waals surface area contributed by atoms with E-state index in [-0.39, 0.29) is 11.8 Å². The van der Waals surface area contributed by atoms with Crippen LogP contribution in [0.15, 0.2) is 71.3 Å². The van der Waals surface area contributed by atoms with Crippen molar-refractivity contribution in [3.63, 3.8) is 0 Å². The summed E-state index contributed by atoms with van der Waals surface area (Å²) in [6, 6.07) is 19.6. The van der Waals surface area contributed by atoms with Crippen molar-refractivity contribution < 1.29 is 14.1 Å². The number of hydrogen-bond acceptors (Lipinski definition) is 4. The van der Waals surface area contributed by atoms with Gasteiger partial charge in [-0.2, -0.15) is 0 Å². The molecule has 0 aliphatic heterocycles. The zero-order valence-electron chi connectivity index (χ0n) is 16.0. The van der Waals surface area contributed by atoms with Crippen LogP contribution < -0.4 is 5.32 Å². The summed E-state index contributed by atoms with van der Waals surface area (Å²) in [4.78, 5) is 27.3. The zero-order valence-corrected chi connectivity index (χ0v) is 16.0. The third-order valence-corrected chi connectivity index (χ3v) is 4.37. The normalized spacial score (nSPS) is 11.6. The lowest BCUT2D eigenvalue weighted by molar-refractivity contribution is -0.132. The molecule has 0 saturated heterocycles. The monoisotopic (exact) mass is 377 g/mol. The molecular weight excluding hydrogens is 354 g/mol. The molecule has 1 unspecified atom stereocenters. The van der Waals surface area contributed by atoms with Gasteiger partial charge in [0.1, 0.15) is 17.5 Å². The van der Waals surface area contributed by atoms with Crippen molar-refractivity contribution in [3.8, 4) is 0 Å². The summed E-state index contributed by atoms with van der Waals surface area (Å²) in [6.45, 7) is 2.11. The molecule has 3 aromatic rings. The minimum Gasteiger partial charge on any atom is -0.361 e. The molecule has 0 fully saturated rings. The van der Waals surface area contributed by atoms with Crippen LogP contribution in [0.1, 0.15) is 27.4 Å². The fraction of sp³-hybridized carbons (Fsp3) is 0.227. The summed E-state index contributed by atoms with van der Waals surface area (Å²) >= 11 is 0. The number of hydrogen-bond donors (Lipinski definition) is 1. The summed E-state index contributed by atoms with van der Waals surface area (Å²) in [5, 5.41) is 6.81. The highest BCUT2D eigenvalue weighted by Gasteiger charge is 2.25. The SMILES string of the molecule is Cc1cc(CN(C)C(=O)C(Cc2ccccc2)NC(=O)c2ccccc2)no1. The first-order chi connectivity index (χ1) is 13.5. The third-order valence-electron chi connectivity index (χ3n) is 4.37. The standard InChI is InChI=1S/C22H23N3O3/c1-16-13-19(24-28-16)15-25(2)22(27)20(14-17-9-5-3-6-10-17)23-21(26)18-11-7-4-8-12-18/h3-13,20H,14-15H2,1-2H3,(H,23,26). The van der Waals surface area contributed by atoms with E-state index in [0.717, 1.165) is 5.56 Å². The molecule has 0 saturated carbocycles. The third kappa shape index (κ3) is 5.07. The fourth-order valence-electron chi connectivity index (χ4n) is 2.96. The number of aryl methyl sites for hydroxylation is 1. The molecule has 1 atom stereocenters. The Bertz CT molecular complexity index is 922. The largest absolute Gasteiger partial charge is 0.361 e. The lowest BCUT2D eigenvalue weighted by Gasteiger charge is -2.24. The van der Waals surface area contributed by atoms with Gasteiger partial charge in [0.25, 0.3) is 5.91 Å². The number of carbonyl (C=O) groups is 2. The molecular formula is C22H23N3O3. The first kappa shape index (κ1) is 19.4. The average Bonchev–Trinajstić information content (AvgIpc) is 3.12. The smallest absolute Gasteiger partial charge is 0.251 e. The van der Waals surface area contributed by atoms with Gasteiger partial charge in [-0.3, -0.25) is 9.59 Å². The quantitative estimate of drug-likeness (QED) is 0.687. The van der Waals surface area contributed by atoms with Gasteiger partial charge in [-0.05, 0) is 24.6 Å². The van der Waals surface area contributed by atoms with Crippen LogP contribution in [0.5, 0.6) is 0 Å². The van der Waals surface area contributed by atoms with Crippen molar-refractivity contribution in [1.82, 2.24) is 15.4 Å². The Hall–Kier alpha value is -3.41. The van der Waals surface area contributed by atoms with Crippen LogP contribution >= 0.6 is 0 Å². The summed E-state index contributed by atoms with van der Waals surface area (Å²) in [6.07, 6.45) is 0.403. The lowest BCUT2D eigenvalue weighted by atomic mass is 10.0. The first-order valence-corrected chi connectivity index (χ1v) is 9.10. The van der Waals surface area contributed by atoms with Gasteiger partial charge in [0.15, 0.2) is 0 Å². The molecule has 2 aromatic carbocycles. The lowest BCUT2D eigenvalue weighted by Crippen LogP contribution is -2.48. The van der Waals surface area contributed by atoms with E-state index < -0.39 is 6.04 Å². The molecule has 144 valence electrons. The molecule has 28 heavy (non-hydrogen) atoms. The predicted octanol–water partition coefficient (Wildman–Crippen LogP) is 2.98. The van der Waals surface area contributed by atoms with Gasteiger partial charge in [0, 0.05) is 25.1 Å². The van der Waals surface area contributed by atoms with Gasteiger partial charge in [-0.15, -0.1) is 0 Å². The van der Waals surface area contributed by atoms with Crippen molar-refractivity contribution in [2.75, 3.05) is 7.05 Å². The summed E-state index contributed by atoms with van der Waals surface area (Å²) in [7, 11) is 1.69. The molecule has 6 heteroatoms. The van der Waals surface area contributed by atoms with Crippen LogP contribution in [0.3, 0.4) is 0 Å². The Morgan fingerprint density at radius 2 is 1.71 bits per heavy atom. The highest BCUT2D eigenvalue weighted by Crippen LogP contribution is 2.10. The molecule has 0 bridgehead atoms. The van der Waals surface area contributed by atoms with Crippen molar-refractivity contribution >= 4 is 11.8 Å². The number of nitrogens with one attached hydrogen (secondary N) is 1. The van der Waals surface area contributed by atoms with E-state index in [1.807, 2.05) is 36.4 Å². The van der Waals surface area contributed by atoms with Gasteiger partial charge in [-0.25, -0.2) is 0 Å². The maximum absolute atomic E-state index is 13.1. The molecule has 1 heterocycles. The molecule has 0 radical (unpaired) electrons. The predicted molar refractivity (Wildman–Crippen MR) is 106 cm³/mol. The van der Waals surface area contributed by atoms with Crippen LogP contribution in [0, 0.1) is 6.92 Å². The molecule has 1 aromatic heterocycles. The van der Waals surface area contributed by atoms with Crippen molar-refractivity contribution in [2.24, 2.45) is 0 Å². The Morgan fingerprint density at radius 3 is 2.32 bits per heavy atom. The van der Waals surface area contributed by atoms with Crippen molar-refractivity contribution in [1.29, 1.82) is 0 Å². The van der Waals surface area contributed by atoms with Gasteiger partial charge >= 0.3 is 0 Å². The fourth-order valence-corrected chi connectivity index (χ4v) is 2.96. The second-order valence-corrected chi connectivity index (χ2v) is 6.70. The van der Waals surface area contributed by atoms with Crippen molar-refractivity contribution in [3.05, 3.63) is 89.3 Å². The highest BCUT2D eigenvalue weighted by molar-refractivity contribution is 5.97. The minimum absolute atomic E-state index is 0.186. The molecule has 0 spiro atoms. The van der Waals surface area contributed by atoms with E-state index >= 15 is 0 Å². The minimum atomic E-state index is -0.687. The maximum Gasteiger partial charge on any atom is 0.251 e. The summed E-state index contributed by atoms with van der Waals surface area (Å²) in [5.74, 6) is 0.225. The van der Waals surface area contributed by atoms with E-state index in [9.17, 15) is 9.59 Å². The van der Waals surface area contributed by atoms with Crippen LogP contribution in [0.2, 0.25) is 0 Å². The Balaban J connectivity index is 1.76. The Morgan fingerprint density at radius 1 is 1.07 bits per heavy atom. The number of rotatable bonds is 7. The van der Waals surface area contributed by atoms with Gasteiger partial charge in [-0.1, -0.05) is 53.7 Å². The second-order valence-electron chi connectivity index (χ2n) is 6.70. The van der Waals surface area contributed by atoms with Gasteiger partial charge in [0.2, 0.25) is 5.91 Å². The number of nitrogens with zero attached hydrogens (tertiary/aromatic N) is 2. The Labute approximate surface area is 164 Å². The van der Waals surface area contributed by atoms with Crippen LogP contribution in [0.25, 0.3) is 0 Å². The first-order valence-electron chi connectivity index (χ1n) is 9.10. The molecule has 3 rings (SSSR count).